The van der Waals surface area contributed by atoms with Crippen LogP contribution in [-0.4, -0.2) is 34.2 Å². The second-order valence-electron chi connectivity index (χ2n) is 7.12. The number of nitrogens with one attached hydrogen (secondary N) is 1. The van der Waals surface area contributed by atoms with E-state index in [9.17, 15) is 0 Å². The van der Waals surface area contributed by atoms with E-state index in [-0.39, 0.29) is 0 Å². The highest BCUT2D eigenvalue weighted by Gasteiger charge is 2.24. The molecule has 5 nitrogen and oxygen atoms in total. The van der Waals surface area contributed by atoms with Crippen molar-refractivity contribution in [2.75, 3.05) is 13.1 Å². The Morgan fingerprint density at radius 1 is 1.12 bits per heavy atom. The Bertz CT molecular complexity index is 636. The normalized spacial score (nSPS) is 22.4. The minimum Gasteiger partial charge on any atom is -0.339 e. The van der Waals surface area contributed by atoms with Gasteiger partial charge in [0, 0.05) is 31.6 Å². The number of rotatable bonds is 6. The zero-order valence-corrected chi connectivity index (χ0v) is 14.2. The number of nitrogens with zero attached hydrogens (tertiary/aromatic N) is 3. The van der Waals surface area contributed by atoms with Crippen LogP contribution in [0.1, 0.15) is 55.3 Å². The van der Waals surface area contributed by atoms with Gasteiger partial charge in [0.15, 0.2) is 5.82 Å². The van der Waals surface area contributed by atoms with E-state index in [1.165, 1.54) is 37.7 Å². The molecule has 1 saturated heterocycles. The lowest BCUT2D eigenvalue weighted by atomic mass is 10.1. The van der Waals surface area contributed by atoms with Crippen LogP contribution in [-0.2, 0) is 13.1 Å². The van der Waals surface area contributed by atoms with Gasteiger partial charge < -0.3 is 9.84 Å². The predicted molar refractivity (Wildman–Crippen MR) is 92.5 cm³/mol. The molecule has 0 bridgehead atoms. The maximum Gasteiger partial charge on any atom is 0.229 e. The van der Waals surface area contributed by atoms with Crippen LogP contribution in [0.2, 0.25) is 0 Å². The van der Waals surface area contributed by atoms with E-state index in [0.29, 0.717) is 18.5 Å². The molecule has 128 valence electrons. The summed E-state index contributed by atoms with van der Waals surface area (Å²) < 4.78 is 5.45. The van der Waals surface area contributed by atoms with Gasteiger partial charge in [-0.25, -0.2) is 0 Å². The first-order valence-corrected chi connectivity index (χ1v) is 9.19. The van der Waals surface area contributed by atoms with Gasteiger partial charge in [-0.2, -0.15) is 4.98 Å². The highest BCUT2D eigenvalue weighted by molar-refractivity contribution is 5.14. The Morgan fingerprint density at radius 2 is 1.96 bits per heavy atom. The molecule has 2 aromatic rings. The summed E-state index contributed by atoms with van der Waals surface area (Å²) in [5.41, 5.74) is 1.39. The molecule has 0 unspecified atom stereocenters. The number of likely N-dealkylation sites (tertiary alicyclic amines) is 1. The number of aromatic nitrogens is 2. The van der Waals surface area contributed by atoms with Crippen LogP contribution in [0, 0.1) is 0 Å². The van der Waals surface area contributed by atoms with Gasteiger partial charge in [-0.3, -0.25) is 4.90 Å². The first kappa shape index (κ1) is 15.8. The third-order valence-corrected chi connectivity index (χ3v) is 5.26. The van der Waals surface area contributed by atoms with Crippen LogP contribution < -0.4 is 5.32 Å². The van der Waals surface area contributed by atoms with E-state index in [1.807, 2.05) is 0 Å². The quantitative estimate of drug-likeness (QED) is 0.884. The van der Waals surface area contributed by atoms with Crippen LogP contribution in [0.25, 0.3) is 0 Å². The van der Waals surface area contributed by atoms with Gasteiger partial charge in [0.2, 0.25) is 5.89 Å². The predicted octanol–water partition coefficient (Wildman–Crippen LogP) is 3.09. The first-order valence-electron chi connectivity index (χ1n) is 9.19. The molecule has 0 amide bonds. The fourth-order valence-corrected chi connectivity index (χ4v) is 3.90. The van der Waals surface area contributed by atoms with Gasteiger partial charge in [-0.05, 0) is 24.8 Å². The Kier molecular flexibility index (Phi) is 4.90. The van der Waals surface area contributed by atoms with E-state index in [1.54, 1.807) is 0 Å². The van der Waals surface area contributed by atoms with Crippen molar-refractivity contribution in [3.8, 4) is 0 Å². The van der Waals surface area contributed by atoms with Crippen LogP contribution in [0.4, 0.5) is 0 Å². The van der Waals surface area contributed by atoms with Gasteiger partial charge in [0.1, 0.15) is 0 Å². The molecule has 5 heteroatoms. The van der Waals surface area contributed by atoms with Crippen LogP contribution in [0.3, 0.4) is 0 Å². The third-order valence-electron chi connectivity index (χ3n) is 5.26. The molecule has 1 aliphatic carbocycles. The number of benzene rings is 1. The van der Waals surface area contributed by atoms with Gasteiger partial charge in [-0.1, -0.05) is 48.3 Å². The molecule has 1 aromatic carbocycles. The molecule has 24 heavy (non-hydrogen) atoms. The van der Waals surface area contributed by atoms with E-state index < -0.39 is 0 Å². The SMILES string of the molecule is c1ccc(CN2CC[C@H](NCc3noc(C4CCCC4)n3)C2)cc1. The molecule has 2 aliphatic rings. The van der Waals surface area contributed by atoms with Crippen molar-refractivity contribution >= 4 is 0 Å². The van der Waals surface area contributed by atoms with E-state index in [4.69, 9.17) is 4.52 Å². The summed E-state index contributed by atoms with van der Waals surface area (Å²) in [6.45, 7) is 3.97. The lowest BCUT2D eigenvalue weighted by molar-refractivity contribution is 0.318. The van der Waals surface area contributed by atoms with Gasteiger partial charge >= 0.3 is 0 Å². The second-order valence-corrected chi connectivity index (χ2v) is 7.12. The average Bonchev–Trinajstić information content (AvgIpc) is 3.35. The summed E-state index contributed by atoms with van der Waals surface area (Å²) in [7, 11) is 0. The highest BCUT2D eigenvalue weighted by atomic mass is 16.5. The lowest BCUT2D eigenvalue weighted by Crippen LogP contribution is -2.32. The van der Waals surface area contributed by atoms with Crippen molar-refractivity contribution in [1.29, 1.82) is 0 Å². The molecule has 0 radical (unpaired) electrons. The summed E-state index contributed by atoms with van der Waals surface area (Å²) in [6, 6.07) is 11.2. The maximum atomic E-state index is 5.45. The summed E-state index contributed by atoms with van der Waals surface area (Å²) in [5, 5.41) is 7.74. The molecule has 1 saturated carbocycles. The van der Waals surface area contributed by atoms with E-state index in [0.717, 1.165) is 31.3 Å². The fraction of sp³-hybridized carbons (Fsp3) is 0.579. The minimum atomic E-state index is 0.499. The topological polar surface area (TPSA) is 54.2 Å². The molecule has 1 N–H and O–H groups in total. The molecule has 2 heterocycles. The molecular weight excluding hydrogens is 300 g/mol. The third kappa shape index (κ3) is 3.84. The van der Waals surface area contributed by atoms with Gasteiger partial charge in [0.25, 0.3) is 0 Å². The van der Waals surface area contributed by atoms with Crippen molar-refractivity contribution < 1.29 is 4.52 Å². The first-order chi connectivity index (χ1) is 11.9. The second kappa shape index (κ2) is 7.45. The molecule has 1 atom stereocenters. The minimum absolute atomic E-state index is 0.499. The smallest absolute Gasteiger partial charge is 0.229 e. The molecule has 1 aromatic heterocycles. The van der Waals surface area contributed by atoms with Gasteiger partial charge in [-0.15, -0.1) is 0 Å². The van der Waals surface area contributed by atoms with Crippen molar-refractivity contribution in [3.63, 3.8) is 0 Å². The fourth-order valence-electron chi connectivity index (χ4n) is 3.90. The Hall–Kier alpha value is -1.72. The molecular formula is C19H26N4O. The Balaban J connectivity index is 1.23. The maximum absolute atomic E-state index is 5.45. The zero-order valence-electron chi connectivity index (χ0n) is 14.2. The van der Waals surface area contributed by atoms with E-state index in [2.05, 4.69) is 50.7 Å². The molecule has 2 fully saturated rings. The lowest BCUT2D eigenvalue weighted by Gasteiger charge is -2.16. The number of hydrogen-bond donors (Lipinski definition) is 1. The largest absolute Gasteiger partial charge is 0.339 e. The summed E-state index contributed by atoms with van der Waals surface area (Å²) in [5.74, 6) is 2.15. The van der Waals surface area contributed by atoms with Crippen LogP contribution in [0.15, 0.2) is 34.9 Å². The standard InChI is InChI=1S/C19H26N4O/c1-2-6-15(7-3-1)13-23-11-10-17(14-23)20-12-18-21-19(24-22-18)16-8-4-5-9-16/h1-3,6-7,16-17,20H,4-5,8-14H2/t17-/m0/s1. The summed E-state index contributed by atoms with van der Waals surface area (Å²) in [6.07, 6.45) is 6.17. The molecule has 1 aliphatic heterocycles. The van der Waals surface area contributed by atoms with Gasteiger partial charge in [0.05, 0.1) is 6.54 Å². The monoisotopic (exact) mass is 326 g/mol. The van der Waals surface area contributed by atoms with Crippen molar-refractivity contribution in [2.24, 2.45) is 0 Å². The van der Waals surface area contributed by atoms with Crippen molar-refractivity contribution in [3.05, 3.63) is 47.6 Å². The van der Waals surface area contributed by atoms with Crippen molar-refractivity contribution in [2.45, 2.75) is 57.2 Å². The molecule has 0 spiro atoms. The van der Waals surface area contributed by atoms with Crippen molar-refractivity contribution in [1.82, 2.24) is 20.4 Å². The Labute approximate surface area is 143 Å². The highest BCUT2D eigenvalue weighted by Crippen LogP contribution is 2.32. The van der Waals surface area contributed by atoms with Crippen LogP contribution >= 0.6 is 0 Å². The summed E-state index contributed by atoms with van der Waals surface area (Å²) >= 11 is 0. The Morgan fingerprint density at radius 3 is 2.79 bits per heavy atom. The van der Waals surface area contributed by atoms with Crippen LogP contribution in [0.5, 0.6) is 0 Å². The van der Waals surface area contributed by atoms with E-state index >= 15 is 0 Å². The zero-order chi connectivity index (χ0) is 16.2. The molecule has 4 rings (SSSR count). The summed E-state index contributed by atoms with van der Waals surface area (Å²) in [4.78, 5) is 7.09. The average molecular weight is 326 g/mol. The number of hydrogen-bond acceptors (Lipinski definition) is 5.